The maximum atomic E-state index is 13.6. The van der Waals surface area contributed by atoms with Crippen molar-refractivity contribution in [1.29, 1.82) is 0 Å². The van der Waals surface area contributed by atoms with Crippen molar-refractivity contribution in [2.75, 3.05) is 0 Å². The molecule has 0 fully saturated rings. The van der Waals surface area contributed by atoms with Gasteiger partial charge in [0, 0.05) is 9.13 Å². The van der Waals surface area contributed by atoms with Crippen LogP contribution in [0.5, 0.6) is 0 Å². The van der Waals surface area contributed by atoms with Crippen molar-refractivity contribution in [3.63, 3.8) is 0 Å². The molecule has 0 bridgehead atoms. The normalized spacial score (nSPS) is 20.2. The van der Waals surface area contributed by atoms with Gasteiger partial charge in [0.25, 0.3) is 0 Å². The predicted molar refractivity (Wildman–Crippen MR) is 115 cm³/mol. The highest BCUT2D eigenvalue weighted by atomic mass is 127. The summed E-state index contributed by atoms with van der Waals surface area (Å²) in [6, 6.07) is 15.4. The van der Waals surface area contributed by atoms with Crippen LogP contribution < -0.4 is 0 Å². The van der Waals surface area contributed by atoms with Crippen molar-refractivity contribution in [2.45, 2.75) is 50.2 Å². The molecule has 0 radical (unpaired) electrons. The molecular formula is C19H24INO3SSi. The van der Waals surface area contributed by atoms with Crippen LogP contribution in [0.1, 0.15) is 31.2 Å². The summed E-state index contributed by atoms with van der Waals surface area (Å²) in [5, 5.41) is 0. The van der Waals surface area contributed by atoms with E-state index in [9.17, 15) is 8.42 Å². The Kier molecular flexibility index (Phi) is 5.15. The van der Waals surface area contributed by atoms with E-state index in [2.05, 4.69) is 42.2 Å². The second-order valence-corrected chi connectivity index (χ2v) is 15.3. The lowest BCUT2D eigenvalue weighted by molar-refractivity contribution is 0.0266. The second kappa shape index (κ2) is 6.70. The van der Waals surface area contributed by atoms with Crippen LogP contribution in [-0.2, 0) is 20.0 Å². The van der Waals surface area contributed by atoms with E-state index >= 15 is 0 Å². The van der Waals surface area contributed by atoms with Gasteiger partial charge in [-0.05, 0) is 67.7 Å². The Morgan fingerprint density at radius 3 is 2.23 bits per heavy atom. The number of benzene rings is 2. The molecule has 0 saturated heterocycles. The minimum atomic E-state index is -3.68. The van der Waals surface area contributed by atoms with Crippen LogP contribution >= 0.6 is 22.6 Å². The average Bonchev–Trinajstić information content (AvgIpc) is 2.75. The minimum absolute atomic E-state index is 0.382. The molecule has 0 amide bonds. The first-order valence-electron chi connectivity index (χ1n) is 8.52. The molecule has 0 N–H and O–H groups in total. The van der Waals surface area contributed by atoms with Crippen molar-refractivity contribution in [3.8, 4) is 0 Å². The lowest BCUT2D eigenvalue weighted by Gasteiger charge is -2.40. The molecule has 0 saturated carbocycles. The van der Waals surface area contributed by atoms with E-state index in [1.54, 1.807) is 4.31 Å². The first-order chi connectivity index (χ1) is 12.0. The minimum Gasteiger partial charge on any atom is -0.398 e. The second-order valence-electron chi connectivity index (χ2n) is 7.97. The molecular weight excluding hydrogens is 477 g/mol. The summed E-state index contributed by atoms with van der Waals surface area (Å²) < 4.78 is 35.9. The molecule has 7 heteroatoms. The Morgan fingerprint density at radius 1 is 1.04 bits per heavy atom. The molecule has 2 aromatic carbocycles. The molecule has 0 aliphatic carbocycles. The van der Waals surface area contributed by atoms with E-state index in [4.69, 9.17) is 4.43 Å². The monoisotopic (exact) mass is 501 g/mol. The Labute approximate surface area is 170 Å². The van der Waals surface area contributed by atoms with E-state index in [1.807, 2.05) is 62.4 Å². The highest BCUT2D eigenvalue weighted by molar-refractivity contribution is 14.1. The summed E-state index contributed by atoms with van der Waals surface area (Å²) in [6.45, 7) is 10.1. The van der Waals surface area contributed by atoms with E-state index in [-0.39, 0.29) is 0 Å². The Balaban J connectivity index is 2.24. The third kappa shape index (κ3) is 3.39. The van der Waals surface area contributed by atoms with Crippen LogP contribution in [0.4, 0.5) is 0 Å². The molecule has 1 aliphatic rings. The van der Waals surface area contributed by atoms with Crippen LogP contribution in [0, 0.1) is 3.57 Å². The molecule has 3 rings (SSSR count). The van der Waals surface area contributed by atoms with Gasteiger partial charge in [0.05, 0.1) is 5.54 Å². The number of halogens is 1. The molecule has 2 aromatic rings. The maximum Gasteiger partial charge on any atom is 0.247 e. The van der Waals surface area contributed by atoms with Crippen LogP contribution in [-0.4, -0.2) is 21.0 Å². The third-order valence-electron chi connectivity index (χ3n) is 4.49. The largest absolute Gasteiger partial charge is 0.398 e. The van der Waals surface area contributed by atoms with Gasteiger partial charge in [-0.1, -0.05) is 42.5 Å². The quantitative estimate of drug-likeness (QED) is 0.434. The number of fused-ring (bicyclic) bond motifs is 1. The topological polar surface area (TPSA) is 46.6 Å². The molecule has 0 aromatic heterocycles. The lowest BCUT2D eigenvalue weighted by Crippen LogP contribution is -2.47. The Bertz CT molecular complexity index is 924. The van der Waals surface area contributed by atoms with E-state index in [0.29, 0.717) is 4.90 Å². The zero-order chi connectivity index (χ0) is 19.3. The van der Waals surface area contributed by atoms with Crippen LogP contribution in [0.3, 0.4) is 0 Å². The fraction of sp³-hybridized carbons (Fsp3) is 0.368. The summed E-state index contributed by atoms with van der Waals surface area (Å²) in [6.07, 6.45) is -0.605. The fourth-order valence-electron chi connectivity index (χ4n) is 3.36. The zero-order valence-electron chi connectivity index (χ0n) is 15.7. The van der Waals surface area contributed by atoms with Gasteiger partial charge in [-0.15, -0.1) is 0 Å². The molecule has 4 nitrogen and oxygen atoms in total. The van der Waals surface area contributed by atoms with Gasteiger partial charge >= 0.3 is 0 Å². The van der Waals surface area contributed by atoms with Crippen LogP contribution in [0.2, 0.25) is 19.6 Å². The molecule has 1 unspecified atom stereocenters. The molecule has 26 heavy (non-hydrogen) atoms. The van der Waals surface area contributed by atoms with Crippen molar-refractivity contribution >= 4 is 40.9 Å². The molecule has 1 atom stereocenters. The van der Waals surface area contributed by atoms with Crippen molar-refractivity contribution < 1.29 is 12.8 Å². The number of hydrogen-bond acceptors (Lipinski definition) is 3. The number of rotatable bonds is 4. The van der Waals surface area contributed by atoms with Crippen LogP contribution in [0.15, 0.2) is 53.4 Å². The number of sulfonamides is 1. The van der Waals surface area contributed by atoms with Crippen molar-refractivity contribution in [1.82, 2.24) is 4.31 Å². The molecule has 1 heterocycles. The fourth-order valence-corrected chi connectivity index (χ4v) is 7.78. The van der Waals surface area contributed by atoms with E-state index in [0.717, 1.165) is 14.7 Å². The Hall–Kier alpha value is -0.743. The SMILES string of the molecule is CC(C)(c1ccccc1)N1C(O[Si](C)(C)C)c2cccc(I)c2S1(=O)=O. The van der Waals surface area contributed by atoms with E-state index in [1.165, 1.54) is 0 Å². The van der Waals surface area contributed by atoms with E-state index < -0.39 is 30.1 Å². The maximum absolute atomic E-state index is 13.6. The van der Waals surface area contributed by atoms with Gasteiger partial charge in [0.2, 0.25) is 10.0 Å². The zero-order valence-corrected chi connectivity index (χ0v) is 19.6. The first-order valence-corrected chi connectivity index (χ1v) is 14.5. The van der Waals surface area contributed by atoms with Gasteiger partial charge in [0.1, 0.15) is 11.1 Å². The first kappa shape index (κ1) is 20.0. The predicted octanol–water partition coefficient (Wildman–Crippen LogP) is 5.08. The van der Waals surface area contributed by atoms with Crippen molar-refractivity contribution in [2.24, 2.45) is 0 Å². The highest BCUT2D eigenvalue weighted by Crippen LogP contribution is 2.49. The van der Waals surface area contributed by atoms with Gasteiger partial charge < -0.3 is 4.43 Å². The van der Waals surface area contributed by atoms with Gasteiger partial charge in [-0.2, -0.15) is 4.31 Å². The third-order valence-corrected chi connectivity index (χ3v) is 8.82. The number of hydrogen-bond donors (Lipinski definition) is 0. The highest BCUT2D eigenvalue weighted by Gasteiger charge is 2.52. The summed E-state index contributed by atoms with van der Waals surface area (Å²) in [5.41, 5.74) is 0.936. The van der Waals surface area contributed by atoms with Crippen molar-refractivity contribution in [3.05, 3.63) is 63.2 Å². The van der Waals surface area contributed by atoms with Crippen LogP contribution in [0.25, 0.3) is 0 Å². The van der Waals surface area contributed by atoms with Gasteiger partial charge in [-0.25, -0.2) is 8.42 Å². The molecule has 1 aliphatic heterocycles. The van der Waals surface area contributed by atoms with Gasteiger partial charge in [0.15, 0.2) is 8.32 Å². The standard InChI is InChI=1S/C19H24INO3SSi/c1-19(2,14-10-7-6-8-11-14)21-18(24-26(3,4)5)15-12-9-13-16(20)17(15)25(21,22)23/h6-13,18H,1-5H3. The molecule has 0 spiro atoms. The summed E-state index contributed by atoms with van der Waals surface area (Å²) in [7, 11) is -5.68. The summed E-state index contributed by atoms with van der Waals surface area (Å²) in [4.78, 5) is 0.382. The Morgan fingerprint density at radius 2 is 1.65 bits per heavy atom. The lowest BCUT2D eigenvalue weighted by atomic mass is 9.93. The number of nitrogens with zero attached hydrogens (tertiary/aromatic N) is 1. The van der Waals surface area contributed by atoms with Gasteiger partial charge in [-0.3, -0.25) is 0 Å². The average molecular weight is 501 g/mol. The molecule has 140 valence electrons. The smallest absolute Gasteiger partial charge is 0.247 e. The summed E-state index contributed by atoms with van der Waals surface area (Å²) >= 11 is 2.10. The summed E-state index contributed by atoms with van der Waals surface area (Å²) in [5.74, 6) is 0.